The second kappa shape index (κ2) is 8.66. The molecule has 1 N–H and O–H groups in total. The largest absolute Gasteiger partial charge is 0.465 e. The van der Waals surface area contributed by atoms with Crippen LogP contribution in [0.5, 0.6) is 0 Å². The number of amides is 1. The molecule has 0 aliphatic heterocycles. The molecule has 1 aromatic carbocycles. The molecule has 0 spiro atoms. The standard InChI is InChI=1S/C24H23N5O3S2/c1-32-23(31)14-5-4-6-15(11-14)25-18(30)12-33-24-28-27-21-19-16-7-2-3-8-17(16)34-22(19)26-20(29(21)24)13-9-10-13/h4-6,11,13H,2-3,7-10,12H2,1H3,(H,25,30). The van der Waals surface area contributed by atoms with Crippen molar-refractivity contribution >= 4 is 56.5 Å². The molecule has 8 nitrogen and oxygen atoms in total. The Morgan fingerprint density at radius 1 is 1.24 bits per heavy atom. The maximum absolute atomic E-state index is 12.7. The molecular weight excluding hydrogens is 470 g/mol. The minimum absolute atomic E-state index is 0.174. The molecule has 1 amide bonds. The van der Waals surface area contributed by atoms with Crippen LogP contribution in [-0.2, 0) is 22.4 Å². The van der Waals surface area contributed by atoms with E-state index in [-0.39, 0.29) is 11.7 Å². The first-order chi connectivity index (χ1) is 16.6. The summed E-state index contributed by atoms with van der Waals surface area (Å²) in [7, 11) is 1.33. The van der Waals surface area contributed by atoms with E-state index in [1.807, 2.05) is 11.3 Å². The summed E-state index contributed by atoms with van der Waals surface area (Å²) in [6.45, 7) is 0. The maximum atomic E-state index is 12.7. The number of hydrogen-bond donors (Lipinski definition) is 1. The molecule has 0 radical (unpaired) electrons. The number of ether oxygens (including phenoxy) is 1. The average Bonchev–Trinajstić information content (AvgIpc) is 3.51. The van der Waals surface area contributed by atoms with Crippen molar-refractivity contribution in [1.82, 2.24) is 19.6 Å². The van der Waals surface area contributed by atoms with E-state index >= 15 is 0 Å². The number of fused-ring (bicyclic) bond motifs is 5. The van der Waals surface area contributed by atoms with Gasteiger partial charge < -0.3 is 10.1 Å². The highest BCUT2D eigenvalue weighted by Crippen LogP contribution is 2.44. The van der Waals surface area contributed by atoms with Gasteiger partial charge in [0.25, 0.3) is 0 Å². The minimum atomic E-state index is -0.442. The summed E-state index contributed by atoms with van der Waals surface area (Å²) in [5.74, 6) is 0.991. The Labute approximate surface area is 204 Å². The Bertz CT molecular complexity index is 1440. The zero-order chi connectivity index (χ0) is 23.2. The molecule has 0 atom stereocenters. The molecule has 1 saturated carbocycles. The number of thioether (sulfide) groups is 1. The van der Waals surface area contributed by atoms with E-state index in [1.54, 1.807) is 24.3 Å². The van der Waals surface area contributed by atoms with E-state index in [0.717, 1.165) is 47.4 Å². The van der Waals surface area contributed by atoms with Crippen LogP contribution in [0.4, 0.5) is 5.69 Å². The molecule has 4 aromatic rings. The Kier molecular flexibility index (Phi) is 5.49. The number of hydrogen-bond acceptors (Lipinski definition) is 8. The fourth-order valence-corrected chi connectivity index (χ4v) is 6.53. The second-order valence-corrected chi connectivity index (χ2v) is 10.7. The molecular formula is C24H23N5O3S2. The Balaban J connectivity index is 1.28. The smallest absolute Gasteiger partial charge is 0.337 e. The van der Waals surface area contributed by atoms with Gasteiger partial charge in [-0.05, 0) is 62.3 Å². The van der Waals surface area contributed by atoms with Crippen LogP contribution in [0.25, 0.3) is 15.9 Å². The van der Waals surface area contributed by atoms with E-state index in [0.29, 0.717) is 22.3 Å². The molecule has 174 valence electrons. The van der Waals surface area contributed by atoms with E-state index < -0.39 is 5.97 Å². The first-order valence-electron chi connectivity index (χ1n) is 11.4. The molecule has 2 aliphatic carbocycles. The monoisotopic (exact) mass is 493 g/mol. The lowest BCUT2D eigenvalue weighted by Crippen LogP contribution is -2.15. The van der Waals surface area contributed by atoms with Crippen LogP contribution in [0.1, 0.15) is 58.2 Å². The van der Waals surface area contributed by atoms with Crippen LogP contribution < -0.4 is 5.32 Å². The van der Waals surface area contributed by atoms with Crippen molar-refractivity contribution < 1.29 is 14.3 Å². The lowest BCUT2D eigenvalue weighted by Gasteiger charge is -2.11. The van der Waals surface area contributed by atoms with E-state index in [2.05, 4.69) is 19.9 Å². The normalized spacial score (nSPS) is 15.4. The molecule has 1 fully saturated rings. The number of nitrogens with one attached hydrogen (secondary N) is 1. The number of aromatic nitrogens is 4. The summed E-state index contributed by atoms with van der Waals surface area (Å²) in [6.07, 6.45) is 6.86. The summed E-state index contributed by atoms with van der Waals surface area (Å²) in [4.78, 5) is 32.0. The fraction of sp³-hybridized carbons (Fsp3) is 0.375. The molecule has 2 aliphatic rings. The average molecular weight is 494 g/mol. The van der Waals surface area contributed by atoms with Crippen LogP contribution in [0.3, 0.4) is 0 Å². The Morgan fingerprint density at radius 3 is 2.91 bits per heavy atom. The molecule has 34 heavy (non-hydrogen) atoms. The van der Waals surface area contributed by atoms with Gasteiger partial charge in [0.1, 0.15) is 10.7 Å². The van der Waals surface area contributed by atoms with Gasteiger partial charge in [-0.15, -0.1) is 21.5 Å². The van der Waals surface area contributed by atoms with E-state index in [1.165, 1.54) is 42.2 Å². The summed E-state index contributed by atoms with van der Waals surface area (Å²) in [5.41, 5.74) is 3.20. The molecule has 3 heterocycles. The van der Waals surface area contributed by atoms with Crippen molar-refractivity contribution in [2.75, 3.05) is 18.2 Å². The molecule has 6 rings (SSSR count). The van der Waals surface area contributed by atoms with Gasteiger partial charge in [0, 0.05) is 16.5 Å². The first-order valence-corrected chi connectivity index (χ1v) is 13.2. The highest BCUT2D eigenvalue weighted by atomic mass is 32.2. The summed E-state index contributed by atoms with van der Waals surface area (Å²) < 4.78 is 6.83. The van der Waals surface area contributed by atoms with Crippen LogP contribution in [0, 0.1) is 0 Å². The zero-order valence-electron chi connectivity index (χ0n) is 18.7. The SMILES string of the molecule is COC(=O)c1cccc(NC(=O)CSc2nnc3c4c5c(sc4nc(C4CC4)n23)CCCC5)c1. The van der Waals surface area contributed by atoms with Gasteiger partial charge in [0.2, 0.25) is 5.91 Å². The van der Waals surface area contributed by atoms with Crippen LogP contribution in [-0.4, -0.2) is 44.3 Å². The summed E-state index contributed by atoms with van der Waals surface area (Å²) >= 11 is 3.17. The van der Waals surface area contributed by atoms with Crippen LogP contribution in [0.15, 0.2) is 29.4 Å². The second-order valence-electron chi connectivity index (χ2n) is 8.69. The number of anilines is 1. The van der Waals surface area contributed by atoms with Crippen molar-refractivity contribution in [2.45, 2.75) is 49.6 Å². The molecule has 0 bridgehead atoms. The number of aryl methyl sites for hydroxylation is 2. The van der Waals surface area contributed by atoms with E-state index in [9.17, 15) is 9.59 Å². The highest BCUT2D eigenvalue weighted by Gasteiger charge is 2.32. The molecule has 0 unspecified atom stereocenters. The zero-order valence-corrected chi connectivity index (χ0v) is 20.3. The number of carbonyl (C=O) groups excluding carboxylic acids is 2. The van der Waals surface area contributed by atoms with Gasteiger partial charge in [0.15, 0.2) is 10.8 Å². The third-order valence-corrected chi connectivity index (χ3v) is 8.41. The predicted molar refractivity (Wildman–Crippen MR) is 132 cm³/mol. The van der Waals surface area contributed by atoms with Crippen molar-refractivity contribution in [3.05, 3.63) is 46.1 Å². The number of rotatable bonds is 6. The molecule has 3 aromatic heterocycles. The third kappa shape index (κ3) is 3.84. The number of methoxy groups -OCH3 is 1. The third-order valence-electron chi connectivity index (χ3n) is 6.30. The predicted octanol–water partition coefficient (Wildman–Crippen LogP) is 4.61. The minimum Gasteiger partial charge on any atom is -0.465 e. The van der Waals surface area contributed by atoms with Crippen molar-refractivity contribution in [3.8, 4) is 0 Å². The lowest BCUT2D eigenvalue weighted by molar-refractivity contribution is -0.113. The quantitative estimate of drug-likeness (QED) is 0.309. The van der Waals surface area contributed by atoms with Gasteiger partial charge in [-0.25, -0.2) is 9.78 Å². The van der Waals surface area contributed by atoms with Gasteiger partial charge in [-0.2, -0.15) is 0 Å². The van der Waals surface area contributed by atoms with Gasteiger partial charge in [0.05, 0.1) is 23.8 Å². The van der Waals surface area contributed by atoms with Gasteiger partial charge >= 0.3 is 5.97 Å². The number of benzene rings is 1. The van der Waals surface area contributed by atoms with Crippen molar-refractivity contribution in [3.63, 3.8) is 0 Å². The highest BCUT2D eigenvalue weighted by molar-refractivity contribution is 7.99. The summed E-state index contributed by atoms with van der Waals surface area (Å²) in [5, 5.41) is 13.7. The number of carbonyl (C=O) groups is 2. The van der Waals surface area contributed by atoms with E-state index in [4.69, 9.17) is 9.72 Å². The van der Waals surface area contributed by atoms with Gasteiger partial charge in [-0.3, -0.25) is 9.20 Å². The number of thiophene rings is 1. The summed E-state index contributed by atoms with van der Waals surface area (Å²) in [6, 6.07) is 6.70. The van der Waals surface area contributed by atoms with Crippen LogP contribution in [0.2, 0.25) is 0 Å². The van der Waals surface area contributed by atoms with Crippen molar-refractivity contribution in [2.24, 2.45) is 0 Å². The van der Waals surface area contributed by atoms with Crippen molar-refractivity contribution in [1.29, 1.82) is 0 Å². The first kappa shape index (κ1) is 21.5. The topological polar surface area (TPSA) is 98.5 Å². The van der Waals surface area contributed by atoms with Crippen LogP contribution >= 0.6 is 23.1 Å². The molecule has 10 heteroatoms. The number of nitrogens with zero attached hydrogens (tertiary/aromatic N) is 4. The maximum Gasteiger partial charge on any atom is 0.337 e. The lowest BCUT2D eigenvalue weighted by atomic mass is 9.97. The fourth-order valence-electron chi connectivity index (χ4n) is 4.53. The Hall–Kier alpha value is -2.98. The number of esters is 1. The van der Waals surface area contributed by atoms with Gasteiger partial charge in [-0.1, -0.05) is 17.8 Å². The Morgan fingerprint density at radius 2 is 2.09 bits per heavy atom. The molecule has 0 saturated heterocycles.